The first-order chi connectivity index (χ1) is 12.0. The topological polar surface area (TPSA) is 78.9 Å². The lowest BCUT2D eigenvalue weighted by atomic mass is 9.90. The molecule has 1 atom stereocenters. The number of hydrogen-bond acceptors (Lipinski definition) is 3. The predicted octanol–water partition coefficient (Wildman–Crippen LogP) is 3.49. The van der Waals surface area contributed by atoms with E-state index in [4.69, 9.17) is 4.74 Å². The van der Waals surface area contributed by atoms with Crippen LogP contribution in [-0.2, 0) is 4.79 Å². The number of nitrogens with zero attached hydrogens (tertiary/aromatic N) is 1. The second-order valence-electron chi connectivity index (χ2n) is 6.32. The Morgan fingerprint density at radius 3 is 2.65 bits per heavy atom. The van der Waals surface area contributed by atoms with Gasteiger partial charge in [0, 0.05) is 19.2 Å². The summed E-state index contributed by atoms with van der Waals surface area (Å²) in [6.07, 6.45) is -5.37. The average Bonchev–Trinajstić information content (AvgIpc) is 2.93. The third kappa shape index (κ3) is 4.99. The number of carboxylic acids is 1. The highest BCUT2D eigenvalue weighted by atomic mass is 19.4. The molecule has 1 unspecified atom stereocenters. The molecule has 1 aliphatic rings. The van der Waals surface area contributed by atoms with E-state index in [1.165, 1.54) is 17.9 Å². The standard InChI is InChI=1S/C16H18F4N2O4/c1-15(13(23)24)4-6-22(9-15)14(25)21-11-3-2-10(17)8-12(11)26-7-5-16(18,19)20/h2-3,8H,4-7,9H2,1H3,(H,21,25)(H,23,24). The van der Waals surface area contributed by atoms with Gasteiger partial charge in [-0.15, -0.1) is 0 Å². The first-order valence-electron chi connectivity index (χ1n) is 7.79. The Morgan fingerprint density at radius 1 is 1.38 bits per heavy atom. The molecule has 0 aliphatic carbocycles. The van der Waals surface area contributed by atoms with Crippen LogP contribution in [0, 0.1) is 11.2 Å². The molecule has 26 heavy (non-hydrogen) atoms. The zero-order valence-corrected chi connectivity index (χ0v) is 13.9. The Morgan fingerprint density at radius 2 is 2.08 bits per heavy atom. The van der Waals surface area contributed by atoms with Gasteiger partial charge in [-0.2, -0.15) is 13.2 Å². The van der Waals surface area contributed by atoms with E-state index in [0.717, 1.165) is 12.1 Å². The molecule has 0 radical (unpaired) electrons. The number of alkyl halides is 3. The van der Waals surface area contributed by atoms with Crippen molar-refractivity contribution in [3.63, 3.8) is 0 Å². The molecular weight excluding hydrogens is 360 g/mol. The summed E-state index contributed by atoms with van der Waals surface area (Å²) in [5.74, 6) is -1.99. The van der Waals surface area contributed by atoms with Crippen LogP contribution < -0.4 is 10.1 Å². The molecule has 1 aromatic carbocycles. The molecule has 1 heterocycles. The number of anilines is 1. The first-order valence-corrected chi connectivity index (χ1v) is 7.79. The number of carbonyl (C=O) groups is 2. The highest BCUT2D eigenvalue weighted by Crippen LogP contribution is 2.32. The number of halogens is 4. The maximum Gasteiger partial charge on any atom is 0.392 e. The Bertz CT molecular complexity index is 695. The van der Waals surface area contributed by atoms with Crippen molar-refractivity contribution in [2.24, 2.45) is 5.41 Å². The maximum absolute atomic E-state index is 13.3. The zero-order valence-electron chi connectivity index (χ0n) is 13.9. The highest BCUT2D eigenvalue weighted by Gasteiger charge is 2.42. The molecular formula is C16H18F4N2O4. The van der Waals surface area contributed by atoms with Gasteiger partial charge < -0.3 is 20.1 Å². The van der Waals surface area contributed by atoms with Crippen molar-refractivity contribution in [1.29, 1.82) is 0 Å². The van der Waals surface area contributed by atoms with E-state index in [-0.39, 0.29) is 30.9 Å². The average molecular weight is 378 g/mol. The lowest BCUT2D eigenvalue weighted by Gasteiger charge is -2.21. The number of benzene rings is 1. The van der Waals surface area contributed by atoms with E-state index in [1.807, 2.05) is 0 Å². The van der Waals surface area contributed by atoms with Crippen LogP contribution in [0.3, 0.4) is 0 Å². The largest absolute Gasteiger partial charge is 0.491 e. The van der Waals surface area contributed by atoms with Gasteiger partial charge in [-0.05, 0) is 25.5 Å². The van der Waals surface area contributed by atoms with Crippen LogP contribution in [0.2, 0.25) is 0 Å². The number of likely N-dealkylation sites (tertiary alicyclic amines) is 1. The van der Waals surface area contributed by atoms with E-state index >= 15 is 0 Å². The summed E-state index contributed by atoms with van der Waals surface area (Å²) in [6, 6.07) is 2.43. The summed E-state index contributed by atoms with van der Waals surface area (Å²) < 4.78 is 54.9. The number of hydrogen-bond donors (Lipinski definition) is 2. The van der Waals surface area contributed by atoms with Crippen LogP contribution >= 0.6 is 0 Å². The summed E-state index contributed by atoms with van der Waals surface area (Å²) >= 11 is 0. The van der Waals surface area contributed by atoms with Crippen molar-refractivity contribution in [2.75, 3.05) is 25.0 Å². The SMILES string of the molecule is CC1(C(=O)O)CCN(C(=O)Nc2ccc(F)cc2OCCC(F)(F)F)C1. The normalized spacial score (nSPS) is 20.1. The minimum absolute atomic E-state index is 0.00232. The Hall–Kier alpha value is -2.52. The molecule has 2 amide bonds. The Labute approximate surface area is 146 Å². The summed E-state index contributed by atoms with van der Waals surface area (Å²) in [6.45, 7) is 0.989. The van der Waals surface area contributed by atoms with Crippen LogP contribution in [0.4, 0.5) is 28.0 Å². The van der Waals surface area contributed by atoms with Gasteiger partial charge in [0.15, 0.2) is 0 Å². The van der Waals surface area contributed by atoms with Crippen LogP contribution in [0.15, 0.2) is 18.2 Å². The molecule has 0 saturated carbocycles. The summed E-state index contributed by atoms with van der Waals surface area (Å²) in [7, 11) is 0. The van der Waals surface area contributed by atoms with Crippen molar-refractivity contribution in [2.45, 2.75) is 25.9 Å². The van der Waals surface area contributed by atoms with Crippen molar-refractivity contribution < 1.29 is 37.0 Å². The second-order valence-corrected chi connectivity index (χ2v) is 6.32. The lowest BCUT2D eigenvalue weighted by molar-refractivity contribution is -0.147. The second kappa shape index (κ2) is 7.38. The molecule has 2 rings (SSSR count). The molecule has 144 valence electrons. The van der Waals surface area contributed by atoms with Gasteiger partial charge >= 0.3 is 18.2 Å². The Balaban J connectivity index is 2.04. The van der Waals surface area contributed by atoms with Gasteiger partial charge in [0.2, 0.25) is 0 Å². The smallest absolute Gasteiger partial charge is 0.392 e. The van der Waals surface area contributed by atoms with Crippen LogP contribution in [0.25, 0.3) is 0 Å². The van der Waals surface area contributed by atoms with Crippen molar-refractivity contribution >= 4 is 17.7 Å². The van der Waals surface area contributed by atoms with E-state index < -0.39 is 42.4 Å². The quantitative estimate of drug-likeness (QED) is 0.769. The van der Waals surface area contributed by atoms with Crippen molar-refractivity contribution in [1.82, 2.24) is 4.90 Å². The molecule has 0 bridgehead atoms. The van der Waals surface area contributed by atoms with Gasteiger partial charge in [-0.3, -0.25) is 4.79 Å². The van der Waals surface area contributed by atoms with Gasteiger partial charge in [0.1, 0.15) is 11.6 Å². The van der Waals surface area contributed by atoms with E-state index in [1.54, 1.807) is 0 Å². The van der Waals surface area contributed by atoms with Crippen LogP contribution in [0.1, 0.15) is 19.8 Å². The molecule has 1 aromatic rings. The summed E-state index contributed by atoms with van der Waals surface area (Å²) in [5.41, 5.74) is -1.06. The maximum atomic E-state index is 13.3. The summed E-state index contributed by atoms with van der Waals surface area (Å²) in [4.78, 5) is 24.8. The molecule has 0 aromatic heterocycles. The fourth-order valence-corrected chi connectivity index (χ4v) is 2.50. The molecule has 2 N–H and O–H groups in total. The molecule has 1 aliphatic heterocycles. The number of carbonyl (C=O) groups excluding carboxylic acids is 1. The number of carboxylic acid groups (broad SMARTS) is 1. The first kappa shape index (κ1) is 19.8. The lowest BCUT2D eigenvalue weighted by Crippen LogP contribution is -2.37. The molecule has 6 nitrogen and oxygen atoms in total. The number of aliphatic carboxylic acids is 1. The minimum Gasteiger partial charge on any atom is -0.491 e. The van der Waals surface area contributed by atoms with Crippen molar-refractivity contribution in [3.05, 3.63) is 24.0 Å². The number of rotatable bonds is 5. The summed E-state index contributed by atoms with van der Waals surface area (Å²) in [5, 5.41) is 11.6. The molecule has 1 fully saturated rings. The molecule has 0 spiro atoms. The fourth-order valence-electron chi connectivity index (χ4n) is 2.50. The number of ether oxygens (including phenoxy) is 1. The molecule has 10 heteroatoms. The van der Waals surface area contributed by atoms with Gasteiger partial charge in [-0.1, -0.05) is 0 Å². The van der Waals surface area contributed by atoms with E-state index in [0.29, 0.717) is 0 Å². The highest BCUT2D eigenvalue weighted by molar-refractivity contribution is 5.92. The van der Waals surface area contributed by atoms with Crippen molar-refractivity contribution in [3.8, 4) is 5.75 Å². The third-order valence-electron chi connectivity index (χ3n) is 4.11. The van der Waals surface area contributed by atoms with Gasteiger partial charge in [0.25, 0.3) is 0 Å². The number of amides is 2. The van der Waals surface area contributed by atoms with E-state index in [2.05, 4.69) is 5.32 Å². The fraction of sp³-hybridized carbons (Fsp3) is 0.500. The minimum atomic E-state index is -4.42. The zero-order chi connectivity index (χ0) is 19.5. The van der Waals surface area contributed by atoms with Gasteiger partial charge in [-0.25, -0.2) is 9.18 Å². The molecule has 1 saturated heterocycles. The number of urea groups is 1. The predicted molar refractivity (Wildman–Crippen MR) is 83.5 cm³/mol. The van der Waals surface area contributed by atoms with Gasteiger partial charge in [0.05, 0.1) is 24.1 Å². The van der Waals surface area contributed by atoms with E-state index in [9.17, 15) is 32.3 Å². The van der Waals surface area contributed by atoms with Crippen LogP contribution in [0.5, 0.6) is 5.75 Å². The van der Waals surface area contributed by atoms with Crippen LogP contribution in [-0.4, -0.2) is 47.9 Å². The Kier molecular flexibility index (Phi) is 5.62. The third-order valence-corrected chi connectivity index (χ3v) is 4.11. The monoisotopic (exact) mass is 378 g/mol. The number of nitrogens with one attached hydrogen (secondary N) is 1.